The van der Waals surface area contributed by atoms with Gasteiger partial charge in [0.25, 0.3) is 0 Å². The third-order valence-corrected chi connectivity index (χ3v) is 10.7. The molecule has 0 radical (unpaired) electrons. The van der Waals surface area contributed by atoms with Crippen molar-refractivity contribution in [3.8, 4) is 0 Å². The summed E-state index contributed by atoms with van der Waals surface area (Å²) >= 11 is 0. The summed E-state index contributed by atoms with van der Waals surface area (Å²) in [5.74, 6) is -13.0. The van der Waals surface area contributed by atoms with E-state index in [4.69, 9.17) is 5.73 Å². The number of nitrogens with two attached hydrogens (primary N) is 1. The van der Waals surface area contributed by atoms with E-state index in [1.54, 1.807) is 30.3 Å². The molecule has 0 saturated carbocycles. The normalized spacial score (nSPS) is 16.9. The summed E-state index contributed by atoms with van der Waals surface area (Å²) < 4.78 is 0. The molecule has 25 heteroatoms. The summed E-state index contributed by atoms with van der Waals surface area (Å²) in [6, 6.07) is -5.15. The van der Waals surface area contributed by atoms with Crippen LogP contribution in [-0.4, -0.2) is 170 Å². The number of carboxylic acid groups (broad SMARTS) is 3. The zero-order chi connectivity index (χ0) is 51.4. The Morgan fingerprint density at radius 1 is 0.647 bits per heavy atom. The Bertz CT molecular complexity index is 1970. The number of carbonyl (C=O) groups excluding carboxylic acids is 8. The lowest BCUT2D eigenvalue weighted by Gasteiger charge is -2.29. The molecule has 0 spiro atoms. The van der Waals surface area contributed by atoms with E-state index < -0.39 is 158 Å². The molecule has 1 aliphatic heterocycles. The van der Waals surface area contributed by atoms with Gasteiger partial charge in [-0.15, -0.1) is 0 Å². The number of amides is 8. The van der Waals surface area contributed by atoms with Crippen LogP contribution in [0.5, 0.6) is 0 Å². The minimum Gasteiger partial charge on any atom is -0.481 e. The number of aliphatic hydroxyl groups is 2. The molecule has 0 unspecified atom stereocenters. The van der Waals surface area contributed by atoms with Gasteiger partial charge in [-0.3, -0.25) is 47.9 Å². The maximum atomic E-state index is 13.6. The molecule has 1 aliphatic rings. The first-order chi connectivity index (χ1) is 31.9. The van der Waals surface area contributed by atoms with Crippen LogP contribution < -0.4 is 43.0 Å². The number of carboxylic acids is 3. The van der Waals surface area contributed by atoms with Gasteiger partial charge in [0, 0.05) is 19.4 Å². The zero-order valence-electron chi connectivity index (χ0n) is 38.6. The quantitative estimate of drug-likeness (QED) is 0.0381. The number of carbonyl (C=O) groups is 11. The van der Waals surface area contributed by atoms with Crippen molar-refractivity contribution in [3.05, 3.63) is 35.9 Å². The highest BCUT2D eigenvalue weighted by atomic mass is 16.4. The van der Waals surface area contributed by atoms with E-state index in [1.807, 2.05) is 13.8 Å². The Kier molecular flexibility index (Phi) is 23.5. The van der Waals surface area contributed by atoms with Gasteiger partial charge in [0.2, 0.25) is 47.3 Å². The average Bonchev–Trinajstić information content (AvgIpc) is 3.76. The highest BCUT2D eigenvalue weighted by Gasteiger charge is 2.39. The molecule has 14 N–H and O–H groups in total. The number of hydrogen-bond donors (Lipinski definition) is 13. The van der Waals surface area contributed by atoms with Crippen LogP contribution in [0.15, 0.2) is 30.3 Å². The van der Waals surface area contributed by atoms with Crippen LogP contribution in [0.3, 0.4) is 0 Å². The number of benzene rings is 1. The molecule has 2 rings (SSSR count). The van der Waals surface area contributed by atoms with Crippen LogP contribution in [0.2, 0.25) is 0 Å². The van der Waals surface area contributed by atoms with Gasteiger partial charge in [-0.1, -0.05) is 58.0 Å². The van der Waals surface area contributed by atoms with E-state index >= 15 is 0 Å². The average molecular weight is 964 g/mol. The third kappa shape index (κ3) is 18.5. The molecule has 1 heterocycles. The fourth-order valence-electron chi connectivity index (χ4n) is 7.02. The van der Waals surface area contributed by atoms with Crippen LogP contribution >= 0.6 is 0 Å². The second-order valence-corrected chi connectivity index (χ2v) is 17.1. The van der Waals surface area contributed by atoms with Gasteiger partial charge < -0.3 is 73.4 Å². The van der Waals surface area contributed by atoms with E-state index in [0.717, 1.165) is 6.92 Å². The van der Waals surface area contributed by atoms with Crippen LogP contribution in [0.1, 0.15) is 78.7 Å². The molecule has 0 bridgehead atoms. The molecule has 9 atom stereocenters. The third-order valence-electron chi connectivity index (χ3n) is 10.7. The van der Waals surface area contributed by atoms with Crippen molar-refractivity contribution in [3.63, 3.8) is 0 Å². The van der Waals surface area contributed by atoms with Crippen LogP contribution in [0, 0.1) is 11.8 Å². The number of hydrogen-bond acceptors (Lipinski definition) is 14. The number of aliphatic hydroxyl groups excluding tert-OH is 2. The lowest BCUT2D eigenvalue weighted by molar-refractivity contribution is -0.143. The smallest absolute Gasteiger partial charge is 0.326 e. The molecule has 68 heavy (non-hydrogen) atoms. The molecule has 1 saturated heterocycles. The second kappa shape index (κ2) is 27.8. The molecule has 0 aromatic heterocycles. The van der Waals surface area contributed by atoms with Crippen LogP contribution in [-0.2, 0) is 59.2 Å². The molecule has 1 fully saturated rings. The van der Waals surface area contributed by atoms with Crippen molar-refractivity contribution in [1.29, 1.82) is 0 Å². The molecular weight excluding hydrogens is 899 g/mol. The van der Waals surface area contributed by atoms with Crippen molar-refractivity contribution < 1.29 is 78.3 Å². The van der Waals surface area contributed by atoms with Crippen molar-refractivity contribution in [2.45, 2.75) is 134 Å². The minimum absolute atomic E-state index is 0.103. The van der Waals surface area contributed by atoms with Crippen molar-refractivity contribution in [2.24, 2.45) is 17.6 Å². The Hall–Kier alpha value is -6.73. The number of nitrogens with zero attached hydrogens (tertiary/aromatic N) is 1. The van der Waals surface area contributed by atoms with Gasteiger partial charge in [-0.2, -0.15) is 0 Å². The Balaban J connectivity index is 2.13. The molecule has 25 nitrogen and oxygen atoms in total. The number of rotatable bonds is 28. The fraction of sp³-hybridized carbons (Fsp3) is 0.605. The molecular formula is C43H65N9O16. The van der Waals surface area contributed by atoms with Gasteiger partial charge in [-0.25, -0.2) is 4.79 Å². The fourth-order valence-corrected chi connectivity index (χ4v) is 7.02. The van der Waals surface area contributed by atoms with Gasteiger partial charge in [0.15, 0.2) is 0 Å². The predicted octanol–water partition coefficient (Wildman–Crippen LogP) is -3.93. The van der Waals surface area contributed by atoms with Crippen LogP contribution in [0.4, 0.5) is 0 Å². The first kappa shape index (κ1) is 57.4. The maximum Gasteiger partial charge on any atom is 0.326 e. The van der Waals surface area contributed by atoms with Crippen molar-refractivity contribution >= 4 is 65.2 Å². The van der Waals surface area contributed by atoms with Gasteiger partial charge in [0.05, 0.1) is 25.7 Å². The number of nitrogens with one attached hydrogen (secondary N) is 7. The summed E-state index contributed by atoms with van der Waals surface area (Å²) in [6.45, 7) is 6.03. The number of likely N-dealkylation sites (tertiary alicyclic amines) is 1. The van der Waals surface area contributed by atoms with Gasteiger partial charge in [-0.05, 0) is 50.0 Å². The molecule has 8 amide bonds. The molecule has 0 aliphatic carbocycles. The molecule has 378 valence electrons. The van der Waals surface area contributed by atoms with Crippen LogP contribution in [0.25, 0.3) is 0 Å². The highest BCUT2D eigenvalue weighted by Crippen LogP contribution is 2.20. The Labute approximate surface area is 392 Å². The topological polar surface area (TPSA) is 402 Å². The standard InChI is InChI=1S/C43H65N9O16/c1-21(2)16-25(44)42(66)52-15-9-12-31(52)40(64)50-30(20-54)39(63)49-29(19-53)38(62)45-23(5)35(59)47-27(18-33(57)58)37(61)51-34(22(3)4)41(65)46-26(13-14-32(55)56)36(60)48-28(43(67)68)17-24-10-7-6-8-11-24/h6-8,10-11,21-23,25-31,34,53-54H,9,12-20,44H2,1-5H3,(H,45,62)(H,46,65)(H,47,59)(H,48,60)(H,49,63)(H,50,64)(H,51,61)(H,55,56)(H,57,58)(H,67,68)/t23-,25-,26-,27-,28-,29-,30-,31-,34-/m0/s1. The monoisotopic (exact) mass is 963 g/mol. The van der Waals surface area contributed by atoms with Crippen molar-refractivity contribution in [2.75, 3.05) is 19.8 Å². The van der Waals surface area contributed by atoms with Gasteiger partial charge in [0.1, 0.15) is 48.3 Å². The van der Waals surface area contributed by atoms with Crippen molar-refractivity contribution in [1.82, 2.24) is 42.1 Å². The Morgan fingerprint density at radius 3 is 1.72 bits per heavy atom. The molecule has 1 aromatic rings. The SMILES string of the molecule is CC(C)C[C@H](N)C(=O)N1CCC[C@H]1C(=O)N[C@@H](CO)C(=O)N[C@@H](CO)C(=O)N[C@@H](C)C(=O)N[C@@H](CC(=O)O)C(=O)N[C@H](C(=O)N[C@@H](CCC(=O)O)C(=O)N[C@@H](Cc1ccccc1)C(=O)O)C(C)C. The number of aliphatic carboxylic acids is 3. The summed E-state index contributed by atoms with van der Waals surface area (Å²) in [4.78, 5) is 143. The van der Waals surface area contributed by atoms with Gasteiger partial charge >= 0.3 is 17.9 Å². The first-order valence-electron chi connectivity index (χ1n) is 22.0. The largest absolute Gasteiger partial charge is 0.481 e. The van der Waals surface area contributed by atoms with E-state index in [-0.39, 0.29) is 25.3 Å². The Morgan fingerprint density at radius 2 is 1.18 bits per heavy atom. The lowest BCUT2D eigenvalue weighted by Crippen LogP contribution is -2.61. The van der Waals surface area contributed by atoms with E-state index in [2.05, 4.69) is 37.2 Å². The predicted molar refractivity (Wildman–Crippen MR) is 237 cm³/mol. The highest BCUT2D eigenvalue weighted by molar-refractivity contribution is 5.99. The van der Waals surface area contributed by atoms with E-state index in [9.17, 15) is 78.3 Å². The zero-order valence-corrected chi connectivity index (χ0v) is 38.6. The van der Waals surface area contributed by atoms with E-state index in [0.29, 0.717) is 18.4 Å². The lowest BCUT2D eigenvalue weighted by atomic mass is 10.0. The summed E-state index contributed by atoms with van der Waals surface area (Å²) in [5.41, 5.74) is 6.59. The summed E-state index contributed by atoms with van der Waals surface area (Å²) in [7, 11) is 0. The summed E-state index contributed by atoms with van der Waals surface area (Å²) in [6.07, 6.45) is -1.25. The second-order valence-electron chi connectivity index (χ2n) is 17.1. The maximum absolute atomic E-state index is 13.6. The molecule has 1 aromatic carbocycles. The first-order valence-corrected chi connectivity index (χ1v) is 22.0. The summed E-state index contributed by atoms with van der Waals surface area (Å²) in [5, 5.41) is 64.3. The minimum atomic E-state index is -1.90. The van der Waals surface area contributed by atoms with E-state index in [1.165, 1.54) is 18.7 Å².